The van der Waals surface area contributed by atoms with Crippen molar-refractivity contribution in [2.24, 2.45) is 0 Å². The van der Waals surface area contributed by atoms with Crippen LogP contribution >= 0.6 is 0 Å². The highest BCUT2D eigenvalue weighted by molar-refractivity contribution is 5.87. The van der Waals surface area contributed by atoms with Crippen LogP contribution in [0.5, 0.6) is 0 Å². The third-order valence-corrected chi connectivity index (χ3v) is 3.26. The number of hydrogen-bond donors (Lipinski definition) is 2. The van der Waals surface area contributed by atoms with Gasteiger partial charge >= 0.3 is 5.97 Å². The van der Waals surface area contributed by atoms with E-state index in [4.69, 9.17) is 5.11 Å². The van der Waals surface area contributed by atoms with E-state index in [1.807, 2.05) is 0 Å². The smallest absolute Gasteiger partial charge is 0.335 e. The average Bonchev–Trinajstić information content (AvgIpc) is 2.28. The summed E-state index contributed by atoms with van der Waals surface area (Å²) < 4.78 is 13.4. The molecule has 2 atom stereocenters. The number of benzene rings is 1. The Morgan fingerprint density at radius 3 is 2.88 bits per heavy atom. The van der Waals surface area contributed by atoms with Crippen LogP contribution in [0.2, 0.25) is 0 Å². The maximum absolute atomic E-state index is 13.4. The lowest BCUT2D eigenvalue weighted by atomic mass is 9.86. The van der Waals surface area contributed by atoms with Crippen LogP contribution in [0.3, 0.4) is 0 Å². The molecule has 0 amide bonds. The molecule has 17 heavy (non-hydrogen) atoms. The van der Waals surface area contributed by atoms with Crippen molar-refractivity contribution in [3.63, 3.8) is 0 Å². The molecule has 0 unspecified atom stereocenters. The van der Waals surface area contributed by atoms with Gasteiger partial charge in [-0.1, -0.05) is 0 Å². The number of piperidine rings is 1. The molecule has 1 aliphatic heterocycles. The van der Waals surface area contributed by atoms with Crippen molar-refractivity contribution in [3.8, 4) is 0 Å². The molecule has 1 aromatic carbocycles. The number of carboxylic acid groups (broad SMARTS) is 1. The van der Waals surface area contributed by atoms with E-state index in [1.165, 1.54) is 6.07 Å². The number of aromatic carboxylic acids is 1. The minimum atomic E-state index is -1.08. The number of nitrogens with one attached hydrogen (secondary N) is 1. The Bertz CT molecular complexity index is 433. The van der Waals surface area contributed by atoms with Gasteiger partial charge in [-0.15, -0.1) is 0 Å². The molecule has 1 aromatic rings. The lowest BCUT2D eigenvalue weighted by Crippen LogP contribution is -2.34. The Balaban J connectivity index is 2.28. The fraction of sp³-hybridized carbons (Fsp3) is 0.462. The highest BCUT2D eigenvalue weighted by atomic mass is 19.1. The largest absolute Gasteiger partial charge is 0.478 e. The van der Waals surface area contributed by atoms with Crippen molar-refractivity contribution < 1.29 is 14.3 Å². The van der Waals surface area contributed by atoms with E-state index in [-0.39, 0.29) is 11.5 Å². The zero-order chi connectivity index (χ0) is 12.4. The summed E-state index contributed by atoms with van der Waals surface area (Å²) in [7, 11) is 0. The average molecular weight is 237 g/mol. The summed E-state index contributed by atoms with van der Waals surface area (Å²) in [4.78, 5) is 10.9. The molecule has 0 radical (unpaired) electrons. The number of carboxylic acids is 1. The van der Waals surface area contributed by atoms with Gasteiger partial charge in [-0.2, -0.15) is 0 Å². The van der Waals surface area contributed by atoms with Gasteiger partial charge in [0.25, 0.3) is 0 Å². The second kappa shape index (κ2) is 4.84. The van der Waals surface area contributed by atoms with Crippen LogP contribution in [-0.2, 0) is 0 Å². The van der Waals surface area contributed by atoms with Crippen LogP contribution in [0, 0.1) is 5.82 Å². The lowest BCUT2D eigenvalue weighted by Gasteiger charge is -2.28. The topological polar surface area (TPSA) is 49.3 Å². The van der Waals surface area contributed by atoms with Gasteiger partial charge < -0.3 is 10.4 Å². The van der Waals surface area contributed by atoms with Crippen molar-refractivity contribution in [1.82, 2.24) is 5.32 Å². The van der Waals surface area contributed by atoms with Gasteiger partial charge in [-0.05, 0) is 56.0 Å². The van der Waals surface area contributed by atoms with E-state index in [2.05, 4.69) is 12.2 Å². The van der Waals surface area contributed by atoms with Gasteiger partial charge in [0, 0.05) is 6.04 Å². The molecule has 92 valence electrons. The highest BCUT2D eigenvalue weighted by Crippen LogP contribution is 2.28. The summed E-state index contributed by atoms with van der Waals surface area (Å²) in [5.41, 5.74) is 0.835. The number of halogens is 1. The summed E-state index contributed by atoms with van der Waals surface area (Å²) in [5.74, 6) is -1.29. The summed E-state index contributed by atoms with van der Waals surface area (Å²) >= 11 is 0. The first-order valence-corrected chi connectivity index (χ1v) is 5.83. The molecule has 4 heteroatoms. The molecule has 1 aliphatic rings. The molecule has 0 aromatic heterocycles. The van der Waals surface area contributed by atoms with Gasteiger partial charge in [-0.3, -0.25) is 0 Å². The third kappa shape index (κ3) is 2.82. The minimum Gasteiger partial charge on any atom is -0.478 e. The lowest BCUT2D eigenvalue weighted by molar-refractivity contribution is 0.0696. The van der Waals surface area contributed by atoms with E-state index in [9.17, 15) is 9.18 Å². The number of carbonyl (C=O) groups is 1. The van der Waals surface area contributed by atoms with Crippen LogP contribution in [-0.4, -0.2) is 23.7 Å². The van der Waals surface area contributed by atoms with E-state index in [0.29, 0.717) is 6.04 Å². The molecule has 1 heterocycles. The van der Waals surface area contributed by atoms with Gasteiger partial charge in [-0.25, -0.2) is 9.18 Å². The van der Waals surface area contributed by atoms with Crippen LogP contribution < -0.4 is 5.32 Å². The summed E-state index contributed by atoms with van der Waals surface area (Å²) in [6, 6.07) is 4.50. The number of rotatable bonds is 2. The van der Waals surface area contributed by atoms with Crippen molar-refractivity contribution >= 4 is 5.97 Å². The third-order valence-electron chi connectivity index (χ3n) is 3.26. The Morgan fingerprint density at radius 1 is 1.47 bits per heavy atom. The second-order valence-electron chi connectivity index (χ2n) is 4.65. The standard InChI is InChI=1S/C13H16FNO2/c1-8-4-9(2-3-15-8)10-5-11(13(16)17)7-12(14)6-10/h5-9,15H,2-4H2,1H3,(H,16,17)/t8-,9+/m1/s1. The van der Waals surface area contributed by atoms with E-state index >= 15 is 0 Å². The van der Waals surface area contributed by atoms with Crippen molar-refractivity contribution in [3.05, 3.63) is 35.1 Å². The van der Waals surface area contributed by atoms with Crippen molar-refractivity contribution in [2.45, 2.75) is 31.7 Å². The molecule has 0 spiro atoms. The van der Waals surface area contributed by atoms with Gasteiger partial charge in [0.2, 0.25) is 0 Å². The van der Waals surface area contributed by atoms with E-state index < -0.39 is 11.8 Å². The Kier molecular flexibility index (Phi) is 3.43. The molecule has 2 N–H and O–H groups in total. The van der Waals surface area contributed by atoms with Crippen LogP contribution in [0.25, 0.3) is 0 Å². The predicted molar refractivity (Wildman–Crippen MR) is 62.8 cm³/mol. The highest BCUT2D eigenvalue weighted by Gasteiger charge is 2.21. The van der Waals surface area contributed by atoms with E-state index in [1.54, 1.807) is 6.07 Å². The number of hydrogen-bond acceptors (Lipinski definition) is 2. The van der Waals surface area contributed by atoms with Gasteiger partial charge in [0.1, 0.15) is 5.82 Å². The monoisotopic (exact) mass is 237 g/mol. The normalized spacial score (nSPS) is 24.6. The first-order valence-electron chi connectivity index (χ1n) is 5.83. The molecule has 1 saturated heterocycles. The van der Waals surface area contributed by atoms with Crippen LogP contribution in [0.4, 0.5) is 4.39 Å². The SMILES string of the molecule is C[C@@H]1C[C@@H](c2cc(F)cc(C(=O)O)c2)CCN1. The van der Waals surface area contributed by atoms with Gasteiger partial charge in [0.15, 0.2) is 0 Å². The van der Waals surface area contributed by atoms with Crippen LogP contribution in [0.15, 0.2) is 18.2 Å². The predicted octanol–water partition coefficient (Wildman–Crippen LogP) is 2.38. The first-order chi connectivity index (χ1) is 8.06. The summed E-state index contributed by atoms with van der Waals surface area (Å²) in [6.45, 7) is 2.98. The summed E-state index contributed by atoms with van der Waals surface area (Å²) in [5, 5.41) is 12.2. The fourth-order valence-corrected chi connectivity index (χ4v) is 2.41. The second-order valence-corrected chi connectivity index (χ2v) is 4.65. The Hall–Kier alpha value is -1.42. The molecule has 1 fully saturated rings. The molecule has 3 nitrogen and oxygen atoms in total. The molecule has 0 saturated carbocycles. The maximum atomic E-state index is 13.4. The molecule has 2 rings (SSSR count). The summed E-state index contributed by atoms with van der Waals surface area (Å²) in [6.07, 6.45) is 1.84. The molecule has 0 aliphatic carbocycles. The van der Waals surface area contributed by atoms with Crippen molar-refractivity contribution in [2.75, 3.05) is 6.54 Å². The minimum absolute atomic E-state index is 0.0335. The maximum Gasteiger partial charge on any atom is 0.335 e. The fourth-order valence-electron chi connectivity index (χ4n) is 2.41. The van der Waals surface area contributed by atoms with Crippen molar-refractivity contribution in [1.29, 1.82) is 0 Å². The first kappa shape index (κ1) is 12.0. The molecule has 0 bridgehead atoms. The molecular weight excluding hydrogens is 221 g/mol. The Labute approximate surface area is 99.7 Å². The molecular formula is C13H16FNO2. The zero-order valence-electron chi connectivity index (χ0n) is 9.74. The Morgan fingerprint density at radius 2 is 2.24 bits per heavy atom. The van der Waals surface area contributed by atoms with Crippen LogP contribution in [0.1, 0.15) is 41.6 Å². The van der Waals surface area contributed by atoms with Gasteiger partial charge in [0.05, 0.1) is 5.56 Å². The quantitative estimate of drug-likeness (QED) is 0.830. The zero-order valence-corrected chi connectivity index (χ0v) is 9.74. The van der Waals surface area contributed by atoms with E-state index in [0.717, 1.165) is 31.0 Å².